The third kappa shape index (κ3) is 5.85. The molecular weight excluding hydrogens is 595 g/mol. The van der Waals surface area contributed by atoms with Gasteiger partial charge in [-0.05, 0) is 68.5 Å². The van der Waals surface area contributed by atoms with E-state index in [1.165, 1.54) is 17.8 Å². The number of fused-ring (bicyclic) bond motifs is 1. The number of ether oxygens (including phenoxy) is 2. The molecule has 5 rings (SSSR count). The van der Waals surface area contributed by atoms with E-state index < -0.39 is 5.97 Å². The smallest absolute Gasteiger partial charge is 0.344 e. The van der Waals surface area contributed by atoms with E-state index in [0.29, 0.717) is 40.1 Å². The zero-order chi connectivity index (χ0) is 28.2. The van der Waals surface area contributed by atoms with Crippen molar-refractivity contribution >= 4 is 61.4 Å². The lowest BCUT2D eigenvalue weighted by Crippen LogP contribution is -2.12. The van der Waals surface area contributed by atoms with Gasteiger partial charge in [0.2, 0.25) is 0 Å². The van der Waals surface area contributed by atoms with Crippen LogP contribution in [-0.4, -0.2) is 33.9 Å². The second kappa shape index (κ2) is 12.1. The van der Waals surface area contributed by atoms with Gasteiger partial charge in [0, 0.05) is 32.7 Å². The third-order valence-electron chi connectivity index (χ3n) is 6.21. The first-order valence-electron chi connectivity index (χ1n) is 12.7. The molecule has 0 spiro atoms. The highest BCUT2D eigenvalue weighted by atomic mass is 79.9. The fourth-order valence-corrected chi connectivity index (χ4v) is 5.77. The molecule has 1 aromatic heterocycles. The van der Waals surface area contributed by atoms with Crippen LogP contribution in [0.15, 0.2) is 98.6 Å². The van der Waals surface area contributed by atoms with Gasteiger partial charge in [-0.2, -0.15) is 0 Å². The van der Waals surface area contributed by atoms with Gasteiger partial charge >= 0.3 is 5.97 Å². The number of hydrogen-bond donors (Lipinski definition) is 1. The first kappa shape index (κ1) is 27.7. The molecule has 1 aliphatic rings. The van der Waals surface area contributed by atoms with Crippen molar-refractivity contribution in [2.75, 3.05) is 13.2 Å². The lowest BCUT2D eigenvalue weighted by atomic mass is 10.1. The molecule has 0 aliphatic carbocycles. The topological polar surface area (TPSA) is 73.0 Å². The number of carbonyl (C=O) groups is 1. The van der Waals surface area contributed by atoms with Crippen LogP contribution < -0.4 is 4.74 Å². The summed E-state index contributed by atoms with van der Waals surface area (Å²) in [4.78, 5) is 18.0. The minimum absolute atomic E-state index is 0.0169. The van der Waals surface area contributed by atoms with Crippen LogP contribution in [0.25, 0.3) is 17.0 Å². The number of carbonyl (C=O) groups excluding carboxylic acids is 1. The van der Waals surface area contributed by atoms with Crippen LogP contribution in [0.2, 0.25) is 0 Å². The Morgan fingerprint density at radius 2 is 1.88 bits per heavy atom. The van der Waals surface area contributed by atoms with Crippen LogP contribution in [0.4, 0.5) is 10.1 Å². The van der Waals surface area contributed by atoms with Crippen molar-refractivity contribution in [1.82, 2.24) is 4.57 Å². The van der Waals surface area contributed by atoms with E-state index in [2.05, 4.69) is 20.9 Å². The van der Waals surface area contributed by atoms with Crippen molar-refractivity contribution in [3.63, 3.8) is 0 Å². The summed E-state index contributed by atoms with van der Waals surface area (Å²) in [7, 11) is 0. The maximum absolute atomic E-state index is 14.4. The standard InChI is InChI=1S/C31H26BrFN2O4S/c1-3-38-23-12-10-22(11-13-23)34-30-28(31(37)39-4-2)29(36)27(40-30)15-20-18-35(17-19-7-5-6-8-25(19)33)26-14-9-21(32)16-24(20)26/h5-16,18,36H,3-4,17H2,1-2H3/b27-15-,34-30?. The minimum Gasteiger partial charge on any atom is -0.506 e. The Balaban J connectivity index is 1.57. The number of hydrogen-bond acceptors (Lipinski definition) is 6. The molecule has 3 aromatic carbocycles. The summed E-state index contributed by atoms with van der Waals surface area (Å²) in [5.41, 5.74) is 2.88. The van der Waals surface area contributed by atoms with Gasteiger partial charge in [0.05, 0.1) is 30.4 Å². The van der Waals surface area contributed by atoms with Crippen molar-refractivity contribution in [3.8, 4) is 5.75 Å². The molecule has 0 atom stereocenters. The first-order valence-corrected chi connectivity index (χ1v) is 14.3. The third-order valence-corrected chi connectivity index (χ3v) is 7.72. The average Bonchev–Trinajstić information content (AvgIpc) is 3.42. The molecule has 0 radical (unpaired) electrons. The Kier molecular flexibility index (Phi) is 8.42. The number of aliphatic hydroxyl groups excluding tert-OH is 1. The Morgan fingerprint density at radius 1 is 1.10 bits per heavy atom. The van der Waals surface area contributed by atoms with Crippen molar-refractivity contribution in [2.45, 2.75) is 20.4 Å². The number of rotatable bonds is 8. The predicted molar refractivity (Wildman–Crippen MR) is 162 cm³/mol. The highest BCUT2D eigenvalue weighted by molar-refractivity contribution is 9.10. The van der Waals surface area contributed by atoms with Crippen molar-refractivity contribution in [1.29, 1.82) is 0 Å². The van der Waals surface area contributed by atoms with Gasteiger partial charge in [0.15, 0.2) is 0 Å². The van der Waals surface area contributed by atoms with Crippen LogP contribution in [-0.2, 0) is 16.1 Å². The van der Waals surface area contributed by atoms with E-state index in [4.69, 9.17) is 9.47 Å². The minimum atomic E-state index is -0.648. The summed E-state index contributed by atoms with van der Waals surface area (Å²) in [6.45, 7) is 4.66. The van der Waals surface area contributed by atoms with Gasteiger partial charge in [-0.1, -0.05) is 45.9 Å². The lowest BCUT2D eigenvalue weighted by molar-refractivity contribution is -0.138. The van der Waals surface area contributed by atoms with Crippen LogP contribution in [0.5, 0.6) is 5.75 Å². The molecule has 0 fully saturated rings. The van der Waals surface area contributed by atoms with E-state index in [9.17, 15) is 14.3 Å². The summed E-state index contributed by atoms with van der Waals surface area (Å²) in [6.07, 6.45) is 3.72. The Bertz CT molecular complexity index is 1670. The van der Waals surface area contributed by atoms with Crippen molar-refractivity contribution in [2.24, 2.45) is 4.99 Å². The molecule has 1 aliphatic heterocycles. The SMILES string of the molecule is CCOC(=O)C1=C(O)/C(=C/c2cn(Cc3ccccc3F)c3ccc(Br)cc23)SC1=Nc1ccc(OCC)cc1. The van der Waals surface area contributed by atoms with E-state index >= 15 is 0 Å². The summed E-state index contributed by atoms with van der Waals surface area (Å²) >= 11 is 4.73. The number of esters is 1. The van der Waals surface area contributed by atoms with Crippen molar-refractivity contribution < 1.29 is 23.8 Å². The van der Waals surface area contributed by atoms with Crippen LogP contribution >= 0.6 is 27.7 Å². The second-order valence-electron chi connectivity index (χ2n) is 8.86. The highest BCUT2D eigenvalue weighted by Gasteiger charge is 2.33. The van der Waals surface area contributed by atoms with Gasteiger partial charge in [-0.3, -0.25) is 0 Å². The summed E-state index contributed by atoms with van der Waals surface area (Å²) in [5, 5.41) is 12.4. The van der Waals surface area contributed by atoms with E-state index in [1.807, 2.05) is 48.0 Å². The molecule has 0 saturated heterocycles. The van der Waals surface area contributed by atoms with Gasteiger partial charge in [-0.15, -0.1) is 0 Å². The molecule has 0 bridgehead atoms. The zero-order valence-corrected chi connectivity index (χ0v) is 24.3. The number of aliphatic hydroxyl groups is 1. The quantitative estimate of drug-likeness (QED) is 0.201. The van der Waals surface area contributed by atoms with Gasteiger partial charge in [0.1, 0.15) is 27.9 Å². The molecule has 9 heteroatoms. The van der Waals surface area contributed by atoms with Crippen LogP contribution in [0, 0.1) is 5.82 Å². The summed E-state index contributed by atoms with van der Waals surface area (Å²) in [6, 6.07) is 19.7. The van der Waals surface area contributed by atoms with Gasteiger partial charge in [-0.25, -0.2) is 14.2 Å². The molecule has 0 amide bonds. The number of aliphatic imine (C=N–C) groups is 1. The first-order chi connectivity index (χ1) is 19.4. The molecule has 40 heavy (non-hydrogen) atoms. The van der Waals surface area contributed by atoms with Crippen LogP contribution in [0.1, 0.15) is 25.0 Å². The molecule has 4 aromatic rings. The molecule has 0 saturated carbocycles. The fourth-order valence-electron chi connectivity index (χ4n) is 4.39. The van der Waals surface area contributed by atoms with Gasteiger partial charge < -0.3 is 19.1 Å². The maximum Gasteiger partial charge on any atom is 0.344 e. The van der Waals surface area contributed by atoms with E-state index in [-0.39, 0.29) is 23.8 Å². The number of nitrogens with zero attached hydrogens (tertiary/aromatic N) is 2. The molecular formula is C31H26BrFN2O4S. The number of benzene rings is 3. The monoisotopic (exact) mass is 620 g/mol. The maximum atomic E-state index is 14.4. The molecule has 204 valence electrons. The number of thioether (sulfide) groups is 1. The Hall–Kier alpha value is -3.82. The lowest BCUT2D eigenvalue weighted by Gasteiger charge is -2.06. The zero-order valence-electron chi connectivity index (χ0n) is 21.9. The van der Waals surface area contributed by atoms with Gasteiger partial charge in [0.25, 0.3) is 0 Å². The average molecular weight is 622 g/mol. The molecule has 6 nitrogen and oxygen atoms in total. The Labute approximate surface area is 244 Å². The summed E-state index contributed by atoms with van der Waals surface area (Å²) < 4.78 is 28.0. The number of halogens is 2. The van der Waals surface area contributed by atoms with E-state index in [0.717, 1.165) is 20.9 Å². The highest BCUT2D eigenvalue weighted by Crippen LogP contribution is 2.41. The molecule has 1 N–H and O–H groups in total. The second-order valence-corrected chi connectivity index (χ2v) is 10.8. The summed E-state index contributed by atoms with van der Waals surface area (Å²) in [5.74, 6) is -0.404. The normalized spacial score (nSPS) is 15.4. The van der Waals surface area contributed by atoms with E-state index in [1.54, 1.807) is 43.3 Å². The largest absolute Gasteiger partial charge is 0.506 e. The molecule has 2 heterocycles. The van der Waals surface area contributed by atoms with Crippen LogP contribution in [0.3, 0.4) is 0 Å². The predicted octanol–water partition coefficient (Wildman–Crippen LogP) is 8.18. The fraction of sp³-hybridized carbons (Fsp3) is 0.161. The Morgan fingerprint density at radius 3 is 2.60 bits per heavy atom. The number of aromatic nitrogens is 1. The van der Waals surface area contributed by atoms with Crippen molar-refractivity contribution in [3.05, 3.63) is 111 Å². The molecule has 0 unspecified atom stereocenters.